The van der Waals surface area contributed by atoms with Gasteiger partial charge in [0.1, 0.15) is 41.9 Å². The maximum atomic E-state index is 14.2. The van der Waals surface area contributed by atoms with Crippen LogP contribution in [0.3, 0.4) is 0 Å². The van der Waals surface area contributed by atoms with Gasteiger partial charge in [-0.05, 0) is 81.8 Å². The van der Waals surface area contributed by atoms with Gasteiger partial charge in [-0.3, -0.25) is 15.1 Å². The number of guanidine groups is 1. The van der Waals surface area contributed by atoms with Crippen LogP contribution in [0.4, 0.5) is 0 Å². The summed E-state index contributed by atoms with van der Waals surface area (Å²) in [4.78, 5) is 65.9. The predicted molar refractivity (Wildman–Crippen MR) is 269 cm³/mol. The lowest BCUT2D eigenvalue weighted by molar-refractivity contribution is -0.400. The summed E-state index contributed by atoms with van der Waals surface area (Å²) in [6.45, 7) is -0.117. The number of aldehydes is 1. The molecule has 3 aromatic heterocycles. The van der Waals surface area contributed by atoms with Gasteiger partial charge in [-0.2, -0.15) is 4.73 Å². The van der Waals surface area contributed by atoms with Crippen LogP contribution < -0.4 is 36.7 Å². The second kappa shape index (κ2) is 23.4. The smallest absolute Gasteiger partial charge is 0.337 e. The number of carbonyl (C=O) groups is 3. The van der Waals surface area contributed by atoms with Gasteiger partial charge in [-0.15, -0.1) is 0 Å². The first kappa shape index (κ1) is 55.4. The molecule has 1 aliphatic heterocycles. The predicted octanol–water partition coefficient (Wildman–Crippen LogP) is -0.0915. The molecule has 0 spiro atoms. The molecule has 7 rings (SSSR count). The number of aromatic amines is 1. The minimum atomic E-state index is -3.42. The number of phenols is 1. The number of benzene rings is 3. The van der Waals surface area contributed by atoms with Crippen molar-refractivity contribution in [3.05, 3.63) is 107 Å². The molecule has 8 atom stereocenters. The monoisotopic (exact) mass is 1040 g/mol. The number of aromatic hydroxyl groups is 1. The summed E-state index contributed by atoms with van der Waals surface area (Å²) in [5, 5.41) is 101. The number of aliphatic hydroxyl groups is 6. The van der Waals surface area contributed by atoms with Crippen LogP contribution >= 0.6 is 0 Å². The van der Waals surface area contributed by atoms with E-state index < -0.39 is 97.1 Å². The fourth-order valence-corrected chi connectivity index (χ4v) is 9.27. The van der Waals surface area contributed by atoms with Gasteiger partial charge in [0.15, 0.2) is 28.7 Å². The van der Waals surface area contributed by atoms with Crippen molar-refractivity contribution in [3.8, 4) is 33.9 Å². The summed E-state index contributed by atoms with van der Waals surface area (Å²) in [5.74, 6) is -4.33. The van der Waals surface area contributed by atoms with E-state index in [9.17, 15) is 60.0 Å². The molecular formula is C51H61N7O17. The topological polar surface area (TPSA) is 375 Å². The van der Waals surface area contributed by atoms with Gasteiger partial charge >= 0.3 is 11.9 Å². The van der Waals surface area contributed by atoms with E-state index in [1.807, 2.05) is 32.0 Å². The zero-order chi connectivity index (χ0) is 54.2. The van der Waals surface area contributed by atoms with Crippen LogP contribution in [0, 0.1) is 13.8 Å². The Balaban J connectivity index is 1.46. The summed E-state index contributed by atoms with van der Waals surface area (Å²) in [6, 6.07) is 14.9. The van der Waals surface area contributed by atoms with E-state index in [0.717, 1.165) is 11.1 Å². The van der Waals surface area contributed by atoms with E-state index in [4.69, 9.17) is 29.2 Å². The number of rotatable bonds is 24. The third-order valence-corrected chi connectivity index (χ3v) is 12.9. The highest BCUT2D eigenvalue weighted by Crippen LogP contribution is 2.47. The van der Waals surface area contributed by atoms with Crippen LogP contribution in [0.25, 0.3) is 44.3 Å². The van der Waals surface area contributed by atoms with Crippen molar-refractivity contribution in [2.24, 2.45) is 10.7 Å². The van der Waals surface area contributed by atoms with Crippen LogP contribution in [0.2, 0.25) is 0 Å². The highest BCUT2D eigenvalue weighted by molar-refractivity contribution is 5.98. The average Bonchev–Trinajstić information content (AvgIpc) is 4.01. The summed E-state index contributed by atoms with van der Waals surface area (Å²) < 4.78 is 26.0. The Morgan fingerprint density at radius 3 is 2.41 bits per heavy atom. The van der Waals surface area contributed by atoms with Crippen LogP contribution in [-0.4, -0.2) is 169 Å². The molecule has 0 saturated carbocycles. The number of likely N-dealkylation sites (N-methyl/N-ethyl adjacent to an activating group) is 1. The number of aryl methyl sites for hydroxylation is 2. The quantitative estimate of drug-likeness (QED) is 0.00716. The Bertz CT molecular complexity index is 3050. The Labute approximate surface area is 427 Å². The van der Waals surface area contributed by atoms with Gasteiger partial charge in [0.2, 0.25) is 24.2 Å². The molecule has 3 aromatic carbocycles. The molecule has 0 unspecified atom stereocenters. The number of nitrogens with two attached hydrogens (primary N) is 1. The Kier molecular flexibility index (Phi) is 17.3. The van der Waals surface area contributed by atoms with E-state index in [1.54, 1.807) is 19.3 Å². The van der Waals surface area contributed by atoms with Crippen molar-refractivity contribution in [2.75, 3.05) is 46.5 Å². The Hall–Kier alpha value is -7.39. The Morgan fingerprint density at radius 1 is 1.03 bits per heavy atom. The van der Waals surface area contributed by atoms with Crippen molar-refractivity contribution in [1.29, 1.82) is 0 Å². The number of hydrogen-bond acceptors (Lipinski definition) is 19. The molecule has 1 aliphatic rings. The van der Waals surface area contributed by atoms with Gasteiger partial charge in [0.05, 0.1) is 41.9 Å². The molecular weight excluding hydrogens is 983 g/mol. The number of carbonyl (C=O) groups excluding carboxylic acids is 2. The molecule has 4 heterocycles. The second-order valence-corrected chi connectivity index (χ2v) is 18.1. The number of phenolic OH excluding ortho intramolecular Hbond substituents is 1. The van der Waals surface area contributed by atoms with Crippen molar-refractivity contribution in [3.63, 3.8) is 0 Å². The average molecular weight is 1040 g/mol. The molecule has 402 valence electrons. The number of fused-ring (bicyclic) bond motifs is 2. The van der Waals surface area contributed by atoms with Gasteiger partial charge in [0, 0.05) is 49.3 Å². The lowest BCUT2D eigenvalue weighted by Gasteiger charge is -2.59. The first-order chi connectivity index (χ1) is 35.9. The minimum absolute atomic E-state index is 0.0277. The maximum absolute atomic E-state index is 14.2. The van der Waals surface area contributed by atoms with E-state index in [1.165, 1.54) is 59.7 Å². The number of aliphatic hydroxyl groups excluding tert-OH is 4. The lowest BCUT2D eigenvalue weighted by Crippen LogP contribution is -2.86. The van der Waals surface area contributed by atoms with Crippen LogP contribution in [0.1, 0.15) is 30.4 Å². The van der Waals surface area contributed by atoms with E-state index >= 15 is 0 Å². The maximum Gasteiger partial charge on any atom is 0.337 e. The van der Waals surface area contributed by atoms with Crippen molar-refractivity contribution in [2.45, 2.75) is 80.7 Å². The molecule has 0 amide bonds. The third-order valence-electron chi connectivity index (χ3n) is 12.9. The number of nitrogens with zero attached hydrogens (tertiary/aromatic N) is 2. The molecule has 0 aliphatic carbocycles. The number of ether oxygens (including phenoxy) is 3. The van der Waals surface area contributed by atoms with Gasteiger partial charge < -0.3 is 90.5 Å². The van der Waals surface area contributed by atoms with E-state index in [0.29, 0.717) is 34.0 Å². The van der Waals surface area contributed by atoms with Crippen LogP contribution in [0.15, 0.2) is 99.6 Å². The molecule has 14 N–H and O–H groups in total. The van der Waals surface area contributed by atoms with Gasteiger partial charge in [-0.1, -0.05) is 29.3 Å². The van der Waals surface area contributed by atoms with Crippen molar-refractivity contribution >= 4 is 46.1 Å². The van der Waals surface area contributed by atoms with Crippen LogP contribution in [-0.2, 0) is 23.9 Å². The molecule has 0 bridgehead atoms. The van der Waals surface area contributed by atoms with Crippen molar-refractivity contribution < 1.29 is 78.7 Å². The molecule has 0 radical (unpaired) electrons. The molecule has 1 fully saturated rings. The second-order valence-electron chi connectivity index (χ2n) is 18.1. The number of aliphatic carboxylic acids is 1. The molecule has 24 nitrogen and oxygen atoms in total. The molecule has 24 heteroatoms. The summed E-state index contributed by atoms with van der Waals surface area (Å²) in [6.07, 6.45) is -5.47. The number of hydrogen-bond donors (Lipinski definition) is 13. The largest absolute Gasteiger partial charge is 0.508 e. The standard InChI is InChI=1S/C51H61N7O17/c1-28-20-29(2)22-32(21-28)41-39-31(13-15-55-39)24-58(41)75-43-46(72-34-11-12-35-37(23-34)71-25-36(42(35)65)30-7-9-33(63)10-8-30)73-47(49(69,26-61)51(43,70)38(64)6-4-18-59)50(27-62,57-48(52)56-17-16-53-3)74-45(68)40(44(66)67)54-14-5-19-60/h7-13,15,19-25,38,40,43,46-47,53-55,59,61-64,69-70H,4-6,14,16-18,26-27H2,1-3H3,(H,66,67)(H3,52,56,57)/t38-,40-,43-,46+,47-,49+,50+,51+/m1/s1. The molecule has 75 heavy (non-hydrogen) atoms. The fraction of sp³-hybridized carbons (Fsp3) is 0.392. The zero-order valence-electron chi connectivity index (χ0n) is 41.1. The zero-order valence-corrected chi connectivity index (χ0v) is 41.1. The van der Waals surface area contributed by atoms with Crippen LogP contribution in [0.5, 0.6) is 11.5 Å². The normalized spacial score (nSPS) is 21.6. The number of aromatic nitrogens is 2. The third kappa shape index (κ3) is 11.2. The number of nitrogens with one attached hydrogen (secondary N) is 4. The van der Waals surface area contributed by atoms with E-state index in [-0.39, 0.29) is 60.5 Å². The molecule has 1 saturated heterocycles. The fourth-order valence-electron chi connectivity index (χ4n) is 9.27. The number of H-pyrrole nitrogens is 1. The Morgan fingerprint density at radius 2 is 1.76 bits per heavy atom. The summed E-state index contributed by atoms with van der Waals surface area (Å²) >= 11 is 0. The molecule has 6 aromatic rings. The highest BCUT2D eigenvalue weighted by Gasteiger charge is 2.75. The number of carboxylic acids is 1. The number of aliphatic imine (C=N–C) groups is 1. The first-order valence-electron chi connectivity index (χ1n) is 23.8. The summed E-state index contributed by atoms with van der Waals surface area (Å²) in [7, 11) is 1.61. The van der Waals surface area contributed by atoms with Crippen molar-refractivity contribution in [1.82, 2.24) is 25.7 Å². The van der Waals surface area contributed by atoms with Gasteiger partial charge in [-0.25, -0.2) is 9.59 Å². The lowest BCUT2D eigenvalue weighted by atomic mass is 9.66. The first-order valence-corrected chi connectivity index (χ1v) is 23.8. The SMILES string of the molecule is CNCCN=C(N)N[C@@](CO)(OC(=O)[C@H](NCCC=O)C(=O)O)[C@@H]1O[C@H](Oc2ccc3c(=O)c(-c4ccc(O)cc4)coc3c2)[C@@H](On2cc3cc[nH]c3c2-c2cc(C)cc(C)c2)[C@@](O)([C@H](O)CCCO)[C@]1(O)CO. The van der Waals surface area contributed by atoms with Gasteiger partial charge in [0.25, 0.3) is 0 Å². The highest BCUT2D eigenvalue weighted by atomic mass is 16.8. The minimum Gasteiger partial charge on any atom is -0.508 e. The van der Waals surface area contributed by atoms with E-state index in [2.05, 4.69) is 25.9 Å². The number of carboxylic acid groups (broad SMARTS) is 1. The summed E-state index contributed by atoms with van der Waals surface area (Å²) in [5.41, 5.74) is -0.292. The number of esters is 1.